The van der Waals surface area contributed by atoms with E-state index in [0.29, 0.717) is 35.5 Å². The van der Waals surface area contributed by atoms with Crippen molar-refractivity contribution < 1.29 is 9.18 Å². The van der Waals surface area contributed by atoms with E-state index in [2.05, 4.69) is 10.3 Å². The molecular formula is C31H29ClFN3O2. The number of aryl methyl sites for hydroxylation is 1. The van der Waals surface area contributed by atoms with Crippen LogP contribution in [0.15, 0.2) is 90.1 Å². The molecule has 4 rings (SSSR count). The Morgan fingerprint density at radius 1 is 1.03 bits per heavy atom. The molecule has 38 heavy (non-hydrogen) atoms. The Bertz CT molecular complexity index is 1530. The Morgan fingerprint density at radius 2 is 1.79 bits per heavy atom. The Kier molecular flexibility index (Phi) is 8.87. The fourth-order valence-electron chi connectivity index (χ4n) is 4.24. The molecule has 0 saturated heterocycles. The number of halogens is 2. The predicted octanol–water partition coefficient (Wildman–Crippen LogP) is 6.11. The average Bonchev–Trinajstić information content (AvgIpc) is 2.94. The smallest absolute Gasteiger partial charge is 0.253 e. The van der Waals surface area contributed by atoms with Crippen LogP contribution in [-0.4, -0.2) is 15.5 Å². The molecule has 7 heteroatoms. The molecule has 0 unspecified atom stereocenters. The van der Waals surface area contributed by atoms with Crippen molar-refractivity contribution >= 4 is 22.5 Å². The lowest BCUT2D eigenvalue weighted by Crippen LogP contribution is -2.24. The highest BCUT2D eigenvalue weighted by atomic mass is 35.5. The third kappa shape index (κ3) is 6.64. The van der Waals surface area contributed by atoms with Crippen molar-refractivity contribution in [2.75, 3.05) is 0 Å². The number of carbonyl (C=O) groups excluding carboxylic acids is 1. The highest BCUT2D eigenvalue weighted by molar-refractivity contribution is 6.48. The second-order valence-electron chi connectivity index (χ2n) is 9.02. The van der Waals surface area contributed by atoms with E-state index in [1.807, 2.05) is 44.2 Å². The van der Waals surface area contributed by atoms with E-state index >= 15 is 0 Å². The van der Waals surface area contributed by atoms with Gasteiger partial charge in [0, 0.05) is 41.8 Å². The summed E-state index contributed by atoms with van der Waals surface area (Å²) in [5.74, 6) is -0.709. The van der Waals surface area contributed by atoms with Crippen molar-refractivity contribution in [2.45, 2.75) is 39.8 Å². The molecule has 0 saturated carbocycles. The standard InChI is InChI=1S/C31H29ClFN3O2/c1-3-24-16-29(33)25(15-27(24)28(32)4-2)19-35-31(38)26-14-23(17-34-18-26)13-21-8-10-22(11-9-21)20-36-12-6-5-7-30(36)37/h4-12,14-18H,3,13,19-20H2,1-2H3,(H,35,38)/b28-4+. The number of nitrogens with zero attached hydrogens (tertiary/aromatic N) is 2. The number of rotatable bonds is 9. The Labute approximate surface area is 226 Å². The molecule has 0 aliphatic rings. The van der Waals surface area contributed by atoms with E-state index in [0.717, 1.165) is 27.8 Å². The SMILES string of the molecule is C/C=C(/Cl)c1cc(CNC(=O)c2cncc(Cc3ccc(Cn4ccccc4=O)cc3)c2)c(F)cc1CC. The molecule has 0 radical (unpaired) electrons. The molecule has 194 valence electrons. The van der Waals surface area contributed by atoms with Gasteiger partial charge < -0.3 is 9.88 Å². The molecule has 1 amide bonds. The summed E-state index contributed by atoms with van der Waals surface area (Å²) >= 11 is 6.32. The highest BCUT2D eigenvalue weighted by Crippen LogP contribution is 2.26. The summed E-state index contributed by atoms with van der Waals surface area (Å²) in [6.45, 7) is 4.31. The summed E-state index contributed by atoms with van der Waals surface area (Å²) in [7, 11) is 0. The first-order valence-corrected chi connectivity index (χ1v) is 12.8. The number of nitrogens with one attached hydrogen (secondary N) is 1. The lowest BCUT2D eigenvalue weighted by Gasteiger charge is -2.13. The molecule has 4 aromatic rings. The topological polar surface area (TPSA) is 64.0 Å². The number of hydrogen-bond acceptors (Lipinski definition) is 3. The first kappa shape index (κ1) is 27.0. The minimum atomic E-state index is -0.376. The Balaban J connectivity index is 1.41. The van der Waals surface area contributed by atoms with Crippen LogP contribution in [0.4, 0.5) is 4.39 Å². The molecule has 0 bridgehead atoms. The number of carbonyl (C=O) groups is 1. The van der Waals surface area contributed by atoms with E-state index in [9.17, 15) is 14.0 Å². The maximum absolute atomic E-state index is 14.7. The minimum absolute atomic E-state index is 0.0335. The van der Waals surface area contributed by atoms with Crippen LogP contribution in [0.25, 0.3) is 5.03 Å². The van der Waals surface area contributed by atoms with Gasteiger partial charge in [-0.1, -0.05) is 54.9 Å². The van der Waals surface area contributed by atoms with Gasteiger partial charge in [-0.3, -0.25) is 14.6 Å². The van der Waals surface area contributed by atoms with Gasteiger partial charge in [0.2, 0.25) is 0 Å². The van der Waals surface area contributed by atoms with Crippen LogP contribution in [0.5, 0.6) is 0 Å². The van der Waals surface area contributed by atoms with Crippen LogP contribution < -0.4 is 10.9 Å². The first-order valence-electron chi connectivity index (χ1n) is 12.5. The second kappa shape index (κ2) is 12.5. The third-order valence-electron chi connectivity index (χ3n) is 6.34. The summed E-state index contributed by atoms with van der Waals surface area (Å²) in [6.07, 6.45) is 8.01. The van der Waals surface area contributed by atoms with Crippen molar-refractivity contribution in [3.8, 4) is 0 Å². The van der Waals surface area contributed by atoms with Crippen LogP contribution in [0.1, 0.15) is 57.6 Å². The van der Waals surface area contributed by atoms with Crippen LogP contribution in [0.3, 0.4) is 0 Å². The molecule has 2 aromatic heterocycles. The van der Waals surface area contributed by atoms with E-state index in [-0.39, 0.29) is 23.8 Å². The highest BCUT2D eigenvalue weighted by Gasteiger charge is 2.13. The molecule has 0 fully saturated rings. The zero-order valence-electron chi connectivity index (χ0n) is 21.4. The van der Waals surface area contributed by atoms with Crippen LogP contribution >= 0.6 is 11.6 Å². The van der Waals surface area contributed by atoms with E-state index in [1.165, 1.54) is 12.3 Å². The molecule has 2 aromatic carbocycles. The second-order valence-corrected chi connectivity index (χ2v) is 9.42. The minimum Gasteiger partial charge on any atom is -0.348 e. The number of benzene rings is 2. The summed E-state index contributed by atoms with van der Waals surface area (Å²) in [4.78, 5) is 29.0. The average molecular weight is 530 g/mol. The normalized spacial score (nSPS) is 11.4. The number of allylic oxidation sites excluding steroid dienone is 1. The van der Waals surface area contributed by atoms with E-state index in [1.54, 1.807) is 47.3 Å². The molecule has 5 nitrogen and oxygen atoms in total. The van der Waals surface area contributed by atoms with Gasteiger partial charge in [0.25, 0.3) is 11.5 Å². The molecule has 1 N–H and O–H groups in total. The van der Waals surface area contributed by atoms with Crippen molar-refractivity contribution in [1.29, 1.82) is 0 Å². The summed E-state index contributed by atoms with van der Waals surface area (Å²) < 4.78 is 16.3. The molecule has 0 aliphatic heterocycles. The van der Waals surface area contributed by atoms with Crippen molar-refractivity contribution in [3.63, 3.8) is 0 Å². The van der Waals surface area contributed by atoms with Crippen molar-refractivity contribution in [2.24, 2.45) is 0 Å². The first-order chi connectivity index (χ1) is 18.4. The van der Waals surface area contributed by atoms with Gasteiger partial charge >= 0.3 is 0 Å². The molecule has 0 spiro atoms. The Morgan fingerprint density at radius 3 is 2.50 bits per heavy atom. The summed E-state index contributed by atoms with van der Waals surface area (Å²) in [5, 5.41) is 3.34. The quantitative estimate of drug-likeness (QED) is 0.284. The molecule has 0 aliphatic carbocycles. The van der Waals surface area contributed by atoms with Gasteiger partial charge in [0.05, 0.1) is 12.1 Å². The number of amides is 1. The van der Waals surface area contributed by atoms with Gasteiger partial charge in [-0.15, -0.1) is 0 Å². The van der Waals surface area contributed by atoms with Crippen LogP contribution in [0.2, 0.25) is 0 Å². The number of pyridine rings is 2. The predicted molar refractivity (Wildman–Crippen MR) is 150 cm³/mol. The molecule has 2 heterocycles. The number of aromatic nitrogens is 2. The zero-order valence-corrected chi connectivity index (χ0v) is 22.1. The van der Waals surface area contributed by atoms with Crippen LogP contribution in [-0.2, 0) is 25.9 Å². The van der Waals surface area contributed by atoms with Crippen molar-refractivity contribution in [3.05, 3.63) is 140 Å². The van der Waals surface area contributed by atoms with Gasteiger partial charge in [-0.25, -0.2) is 4.39 Å². The maximum atomic E-state index is 14.7. The largest absolute Gasteiger partial charge is 0.348 e. The lowest BCUT2D eigenvalue weighted by atomic mass is 10.0. The zero-order chi connectivity index (χ0) is 27.1. The third-order valence-corrected chi connectivity index (χ3v) is 6.77. The lowest BCUT2D eigenvalue weighted by molar-refractivity contribution is 0.0950. The fourth-order valence-corrected chi connectivity index (χ4v) is 4.41. The van der Waals surface area contributed by atoms with Gasteiger partial charge in [0.1, 0.15) is 5.82 Å². The Hall–Kier alpha value is -4.03. The monoisotopic (exact) mass is 529 g/mol. The fraction of sp³-hybridized carbons (Fsp3) is 0.194. The van der Waals surface area contributed by atoms with E-state index < -0.39 is 0 Å². The summed E-state index contributed by atoms with van der Waals surface area (Å²) in [6, 6.07) is 18.1. The molecular weight excluding hydrogens is 501 g/mol. The van der Waals surface area contributed by atoms with Crippen LogP contribution in [0, 0.1) is 5.82 Å². The van der Waals surface area contributed by atoms with E-state index in [4.69, 9.17) is 11.6 Å². The molecule has 0 atom stereocenters. The maximum Gasteiger partial charge on any atom is 0.253 e. The van der Waals surface area contributed by atoms with Gasteiger partial charge in [0.15, 0.2) is 0 Å². The summed E-state index contributed by atoms with van der Waals surface area (Å²) in [5.41, 5.74) is 5.27. The number of hydrogen-bond donors (Lipinski definition) is 1. The van der Waals surface area contributed by atoms with Gasteiger partial charge in [-0.05, 0) is 71.8 Å². The van der Waals surface area contributed by atoms with Gasteiger partial charge in [-0.2, -0.15) is 0 Å². The van der Waals surface area contributed by atoms with Crippen molar-refractivity contribution in [1.82, 2.24) is 14.9 Å².